The first-order chi connectivity index (χ1) is 10.2. The van der Waals surface area contributed by atoms with Gasteiger partial charge in [-0.1, -0.05) is 20.8 Å². The summed E-state index contributed by atoms with van der Waals surface area (Å²) in [5, 5.41) is 19.3. The Balaban J connectivity index is 1.95. The summed E-state index contributed by atoms with van der Waals surface area (Å²) in [5.41, 5.74) is 0.0351. The Bertz CT molecular complexity index is 443. The summed E-state index contributed by atoms with van der Waals surface area (Å²) in [6, 6.07) is 2.26. The van der Waals surface area contributed by atoms with E-state index in [2.05, 4.69) is 49.7 Å². The first-order valence-electron chi connectivity index (χ1n) is 8.41. The number of nitriles is 1. The Morgan fingerprint density at radius 2 is 2.00 bits per heavy atom. The Labute approximate surface area is 134 Å². The molecule has 0 radical (unpaired) electrons. The zero-order valence-corrected chi connectivity index (χ0v) is 14.3. The lowest BCUT2D eigenvalue weighted by atomic mass is 9.84. The van der Waals surface area contributed by atoms with Crippen molar-refractivity contribution >= 4 is 5.91 Å². The van der Waals surface area contributed by atoms with Crippen LogP contribution in [0.25, 0.3) is 0 Å². The lowest BCUT2D eigenvalue weighted by Gasteiger charge is -2.36. The third-order valence-corrected chi connectivity index (χ3v) is 4.84. The van der Waals surface area contributed by atoms with Crippen LogP contribution in [0.5, 0.6) is 0 Å². The highest BCUT2D eigenvalue weighted by atomic mass is 16.2. The van der Waals surface area contributed by atoms with E-state index in [-0.39, 0.29) is 34.9 Å². The standard InChI is InChI=1S/C17H30N4O/c1-16(2,3)10-14-12(11-18)9-13(20-14)15(22)21-17(4)5-7-19-8-6-17/h12-14,19-20H,5-10H2,1-4H3,(H,21,22). The molecule has 0 spiro atoms. The van der Waals surface area contributed by atoms with E-state index in [0.29, 0.717) is 6.42 Å². The van der Waals surface area contributed by atoms with E-state index in [4.69, 9.17) is 0 Å². The molecule has 5 nitrogen and oxygen atoms in total. The molecule has 124 valence electrons. The molecule has 1 amide bonds. The first kappa shape index (κ1) is 17.2. The van der Waals surface area contributed by atoms with Gasteiger partial charge < -0.3 is 16.0 Å². The molecule has 0 aromatic heterocycles. The molecule has 0 bridgehead atoms. The Kier molecular flexibility index (Phi) is 5.14. The minimum Gasteiger partial charge on any atom is -0.349 e. The second kappa shape index (κ2) is 6.55. The van der Waals surface area contributed by atoms with Crippen LogP contribution in [-0.4, -0.2) is 36.6 Å². The van der Waals surface area contributed by atoms with Gasteiger partial charge in [-0.05, 0) is 51.1 Å². The Hall–Kier alpha value is -1.12. The lowest BCUT2D eigenvalue weighted by molar-refractivity contribution is -0.125. The molecule has 3 N–H and O–H groups in total. The molecule has 2 fully saturated rings. The third-order valence-electron chi connectivity index (χ3n) is 4.84. The van der Waals surface area contributed by atoms with E-state index >= 15 is 0 Å². The highest BCUT2D eigenvalue weighted by molar-refractivity contribution is 5.83. The summed E-state index contributed by atoms with van der Waals surface area (Å²) in [5.74, 6) is -0.0168. The molecule has 3 atom stereocenters. The van der Waals surface area contributed by atoms with Crippen molar-refractivity contribution in [2.75, 3.05) is 13.1 Å². The van der Waals surface area contributed by atoms with Gasteiger partial charge in [0.2, 0.25) is 5.91 Å². The van der Waals surface area contributed by atoms with Crippen molar-refractivity contribution in [3.05, 3.63) is 0 Å². The molecule has 0 aromatic carbocycles. The molecule has 0 aliphatic carbocycles. The van der Waals surface area contributed by atoms with Gasteiger partial charge in [-0.25, -0.2) is 0 Å². The summed E-state index contributed by atoms with van der Waals surface area (Å²) < 4.78 is 0. The fraction of sp³-hybridized carbons (Fsp3) is 0.882. The van der Waals surface area contributed by atoms with Crippen molar-refractivity contribution in [2.24, 2.45) is 11.3 Å². The first-order valence-corrected chi connectivity index (χ1v) is 8.41. The maximum absolute atomic E-state index is 12.6. The minimum atomic E-state index is -0.233. The molecule has 2 aliphatic rings. The SMILES string of the molecule is CC(C)(C)CC1NC(C(=O)NC2(C)CCNCC2)CC1C#N. The molecule has 0 aromatic rings. The van der Waals surface area contributed by atoms with Crippen LogP contribution in [0.2, 0.25) is 0 Å². The summed E-state index contributed by atoms with van der Waals surface area (Å²) in [4.78, 5) is 12.6. The molecule has 3 unspecified atom stereocenters. The largest absolute Gasteiger partial charge is 0.349 e. The van der Waals surface area contributed by atoms with Gasteiger partial charge in [-0.3, -0.25) is 4.79 Å². The van der Waals surface area contributed by atoms with Crippen molar-refractivity contribution in [3.8, 4) is 6.07 Å². The number of hydrogen-bond acceptors (Lipinski definition) is 4. The fourth-order valence-corrected chi connectivity index (χ4v) is 3.54. The quantitative estimate of drug-likeness (QED) is 0.739. The van der Waals surface area contributed by atoms with Gasteiger partial charge in [0.1, 0.15) is 0 Å². The number of rotatable bonds is 3. The van der Waals surface area contributed by atoms with E-state index in [9.17, 15) is 10.1 Å². The van der Waals surface area contributed by atoms with Crippen LogP contribution in [0.15, 0.2) is 0 Å². The molecule has 5 heteroatoms. The Morgan fingerprint density at radius 3 is 2.55 bits per heavy atom. The maximum atomic E-state index is 12.6. The number of piperidine rings is 1. The van der Waals surface area contributed by atoms with Crippen LogP contribution in [-0.2, 0) is 4.79 Å². The summed E-state index contributed by atoms with van der Waals surface area (Å²) in [6.45, 7) is 10.5. The average molecular weight is 306 g/mol. The second-order valence-corrected chi connectivity index (χ2v) is 8.36. The third kappa shape index (κ3) is 4.44. The van der Waals surface area contributed by atoms with Crippen molar-refractivity contribution < 1.29 is 4.79 Å². The topological polar surface area (TPSA) is 77.0 Å². The van der Waals surface area contributed by atoms with E-state index < -0.39 is 0 Å². The van der Waals surface area contributed by atoms with Crippen LogP contribution < -0.4 is 16.0 Å². The number of carbonyl (C=O) groups excluding carboxylic acids is 1. The number of hydrogen-bond donors (Lipinski definition) is 3. The van der Waals surface area contributed by atoms with Gasteiger partial charge in [0.25, 0.3) is 0 Å². The van der Waals surface area contributed by atoms with Gasteiger partial charge in [0.05, 0.1) is 18.0 Å². The molecular weight excluding hydrogens is 276 g/mol. The molecule has 22 heavy (non-hydrogen) atoms. The van der Waals surface area contributed by atoms with E-state index in [1.807, 2.05) is 0 Å². The predicted molar refractivity (Wildman–Crippen MR) is 87.2 cm³/mol. The fourth-order valence-electron chi connectivity index (χ4n) is 3.54. The smallest absolute Gasteiger partial charge is 0.237 e. The zero-order chi connectivity index (χ0) is 16.4. The van der Waals surface area contributed by atoms with Crippen LogP contribution in [0.4, 0.5) is 0 Å². The normalized spacial score (nSPS) is 31.5. The van der Waals surface area contributed by atoms with Crippen LogP contribution >= 0.6 is 0 Å². The number of nitrogens with one attached hydrogen (secondary N) is 3. The van der Waals surface area contributed by atoms with Gasteiger partial charge >= 0.3 is 0 Å². The lowest BCUT2D eigenvalue weighted by Crippen LogP contribution is -2.56. The molecule has 2 saturated heterocycles. The molecule has 2 rings (SSSR count). The predicted octanol–water partition coefficient (Wildman–Crippen LogP) is 1.55. The summed E-state index contributed by atoms with van der Waals surface area (Å²) >= 11 is 0. The van der Waals surface area contributed by atoms with E-state index in [0.717, 1.165) is 32.4 Å². The van der Waals surface area contributed by atoms with Crippen molar-refractivity contribution in [2.45, 2.75) is 71.0 Å². The molecule has 2 aliphatic heterocycles. The second-order valence-electron chi connectivity index (χ2n) is 8.36. The summed E-state index contributed by atoms with van der Waals surface area (Å²) in [6.07, 6.45) is 3.45. The number of nitrogens with zero attached hydrogens (tertiary/aromatic N) is 1. The van der Waals surface area contributed by atoms with Crippen LogP contribution in [0, 0.1) is 22.7 Å². The molecule has 0 saturated carbocycles. The Morgan fingerprint density at radius 1 is 1.36 bits per heavy atom. The highest BCUT2D eigenvalue weighted by Crippen LogP contribution is 2.30. The van der Waals surface area contributed by atoms with Crippen molar-refractivity contribution in [3.63, 3.8) is 0 Å². The number of carbonyl (C=O) groups is 1. The van der Waals surface area contributed by atoms with Gasteiger partial charge in [0, 0.05) is 11.6 Å². The average Bonchev–Trinajstić information content (AvgIpc) is 2.80. The maximum Gasteiger partial charge on any atom is 0.237 e. The van der Waals surface area contributed by atoms with Gasteiger partial charge in [-0.15, -0.1) is 0 Å². The zero-order valence-electron chi connectivity index (χ0n) is 14.3. The van der Waals surface area contributed by atoms with Crippen LogP contribution in [0.3, 0.4) is 0 Å². The van der Waals surface area contributed by atoms with Crippen molar-refractivity contribution in [1.82, 2.24) is 16.0 Å². The van der Waals surface area contributed by atoms with Gasteiger partial charge in [0.15, 0.2) is 0 Å². The van der Waals surface area contributed by atoms with E-state index in [1.165, 1.54) is 0 Å². The van der Waals surface area contributed by atoms with Crippen molar-refractivity contribution in [1.29, 1.82) is 5.26 Å². The molecule has 2 heterocycles. The molecular formula is C17H30N4O. The van der Waals surface area contributed by atoms with Crippen LogP contribution in [0.1, 0.15) is 53.4 Å². The minimum absolute atomic E-state index is 0.0565. The monoisotopic (exact) mass is 306 g/mol. The highest BCUT2D eigenvalue weighted by Gasteiger charge is 2.40. The van der Waals surface area contributed by atoms with E-state index in [1.54, 1.807) is 0 Å². The van der Waals surface area contributed by atoms with Gasteiger partial charge in [-0.2, -0.15) is 5.26 Å². The summed E-state index contributed by atoms with van der Waals surface area (Å²) in [7, 11) is 0. The number of amides is 1.